The second-order valence-electron chi connectivity index (χ2n) is 6.28. The van der Waals surface area contributed by atoms with Crippen LogP contribution in [-0.2, 0) is 9.59 Å². The number of hydrogen-bond donors (Lipinski definition) is 2. The Hall–Kier alpha value is -2.93. The first-order chi connectivity index (χ1) is 14.9. The summed E-state index contributed by atoms with van der Waals surface area (Å²) in [6, 6.07) is 18.1. The Morgan fingerprint density at radius 1 is 0.677 bits per heavy atom. The molecule has 0 bridgehead atoms. The third kappa shape index (κ3) is 7.36. The van der Waals surface area contributed by atoms with Crippen LogP contribution in [0.25, 0.3) is 0 Å². The molecular formula is C22H17Cl3N2O4. The summed E-state index contributed by atoms with van der Waals surface area (Å²) in [5, 5.41) is 6.74. The van der Waals surface area contributed by atoms with Crippen LogP contribution in [0, 0.1) is 0 Å². The van der Waals surface area contributed by atoms with E-state index in [1.807, 2.05) is 0 Å². The van der Waals surface area contributed by atoms with Crippen molar-refractivity contribution in [3.8, 4) is 11.5 Å². The van der Waals surface area contributed by atoms with Gasteiger partial charge in [0.25, 0.3) is 11.8 Å². The lowest BCUT2D eigenvalue weighted by Gasteiger charge is -2.11. The van der Waals surface area contributed by atoms with Gasteiger partial charge in [-0.1, -0.05) is 34.8 Å². The minimum Gasteiger partial charge on any atom is -0.484 e. The Kier molecular flexibility index (Phi) is 8.00. The van der Waals surface area contributed by atoms with Gasteiger partial charge in [-0.3, -0.25) is 9.59 Å². The maximum Gasteiger partial charge on any atom is 0.262 e. The smallest absolute Gasteiger partial charge is 0.262 e. The van der Waals surface area contributed by atoms with Crippen molar-refractivity contribution < 1.29 is 19.1 Å². The second-order valence-corrected chi connectivity index (χ2v) is 7.56. The molecule has 0 fully saturated rings. The molecule has 3 aromatic rings. The van der Waals surface area contributed by atoms with Crippen LogP contribution in [-0.4, -0.2) is 25.0 Å². The number of rotatable bonds is 8. The molecule has 2 amide bonds. The number of anilines is 2. The lowest BCUT2D eigenvalue weighted by molar-refractivity contribution is -0.118. The lowest BCUT2D eigenvalue weighted by atomic mass is 10.2. The monoisotopic (exact) mass is 478 g/mol. The van der Waals surface area contributed by atoms with E-state index in [4.69, 9.17) is 44.3 Å². The zero-order valence-corrected chi connectivity index (χ0v) is 18.3. The molecule has 0 aromatic heterocycles. The maximum absolute atomic E-state index is 12.1. The average Bonchev–Trinajstić information content (AvgIpc) is 2.75. The van der Waals surface area contributed by atoms with Gasteiger partial charge in [0.2, 0.25) is 0 Å². The normalized spacial score (nSPS) is 10.3. The highest BCUT2D eigenvalue weighted by molar-refractivity contribution is 6.34. The number of nitrogens with one attached hydrogen (secondary N) is 2. The third-order valence-electron chi connectivity index (χ3n) is 3.89. The summed E-state index contributed by atoms with van der Waals surface area (Å²) in [5.74, 6) is 0.296. The Labute approximate surface area is 194 Å². The van der Waals surface area contributed by atoms with Gasteiger partial charge >= 0.3 is 0 Å². The fraction of sp³-hybridized carbons (Fsp3) is 0.0909. The Balaban J connectivity index is 1.48. The van der Waals surface area contributed by atoms with E-state index in [0.717, 1.165) is 0 Å². The lowest BCUT2D eigenvalue weighted by Crippen LogP contribution is -2.21. The van der Waals surface area contributed by atoms with Gasteiger partial charge < -0.3 is 20.1 Å². The van der Waals surface area contributed by atoms with Gasteiger partial charge in [0.1, 0.15) is 11.5 Å². The van der Waals surface area contributed by atoms with E-state index in [1.165, 1.54) is 6.07 Å². The van der Waals surface area contributed by atoms with Crippen molar-refractivity contribution in [2.75, 3.05) is 23.8 Å². The molecular weight excluding hydrogens is 463 g/mol. The van der Waals surface area contributed by atoms with Crippen molar-refractivity contribution in [1.82, 2.24) is 0 Å². The van der Waals surface area contributed by atoms with E-state index in [9.17, 15) is 9.59 Å². The average molecular weight is 480 g/mol. The topological polar surface area (TPSA) is 76.7 Å². The number of carbonyl (C=O) groups excluding carboxylic acids is 2. The number of benzene rings is 3. The van der Waals surface area contributed by atoms with E-state index >= 15 is 0 Å². The highest BCUT2D eigenvalue weighted by Crippen LogP contribution is 2.26. The fourth-order valence-corrected chi connectivity index (χ4v) is 2.92. The molecule has 0 aliphatic carbocycles. The molecule has 0 atom stereocenters. The molecule has 0 unspecified atom stereocenters. The summed E-state index contributed by atoms with van der Waals surface area (Å²) in [4.78, 5) is 24.2. The van der Waals surface area contributed by atoms with Crippen molar-refractivity contribution in [2.45, 2.75) is 0 Å². The molecule has 160 valence electrons. The second kappa shape index (κ2) is 10.9. The van der Waals surface area contributed by atoms with Crippen molar-refractivity contribution >= 4 is 58.0 Å². The molecule has 0 aliphatic heterocycles. The van der Waals surface area contributed by atoms with Gasteiger partial charge in [0.05, 0.1) is 10.7 Å². The molecule has 9 heteroatoms. The summed E-state index contributed by atoms with van der Waals surface area (Å²) in [7, 11) is 0. The number of ether oxygens (including phenoxy) is 2. The minimum atomic E-state index is -0.384. The predicted octanol–water partition coefficient (Wildman–Crippen LogP) is 5.68. The molecule has 2 N–H and O–H groups in total. The van der Waals surface area contributed by atoms with Crippen LogP contribution < -0.4 is 20.1 Å². The van der Waals surface area contributed by atoms with Crippen LogP contribution in [0.4, 0.5) is 11.4 Å². The fourth-order valence-electron chi connectivity index (χ4n) is 2.44. The number of carbonyl (C=O) groups is 2. The SMILES string of the molecule is O=C(COc1ccc(Cl)cc1)Nc1ccc(NC(=O)COc2ccc(Cl)cc2)c(Cl)c1. The predicted molar refractivity (Wildman–Crippen MR) is 123 cm³/mol. The van der Waals surface area contributed by atoms with E-state index in [1.54, 1.807) is 60.7 Å². The molecule has 3 rings (SSSR count). The first-order valence-electron chi connectivity index (χ1n) is 9.05. The standard InChI is InChI=1S/C22H17Cl3N2O4/c23-14-1-6-17(7-2-14)30-12-21(28)26-16-5-10-20(19(25)11-16)27-22(29)13-31-18-8-3-15(24)4-9-18/h1-11H,12-13H2,(H,26,28)(H,27,29). The number of amides is 2. The molecule has 0 saturated carbocycles. The van der Waals surface area contributed by atoms with Gasteiger partial charge in [-0.25, -0.2) is 0 Å². The Morgan fingerprint density at radius 3 is 1.65 bits per heavy atom. The summed E-state index contributed by atoms with van der Waals surface area (Å²) in [5.41, 5.74) is 0.854. The molecule has 0 spiro atoms. The van der Waals surface area contributed by atoms with Crippen LogP contribution in [0.2, 0.25) is 15.1 Å². The van der Waals surface area contributed by atoms with Gasteiger partial charge in [-0.05, 0) is 66.7 Å². The number of hydrogen-bond acceptors (Lipinski definition) is 4. The van der Waals surface area contributed by atoms with Crippen LogP contribution in [0.1, 0.15) is 0 Å². The van der Waals surface area contributed by atoms with Crippen molar-refractivity contribution in [3.63, 3.8) is 0 Å². The molecule has 0 saturated heterocycles. The molecule has 0 heterocycles. The molecule has 6 nitrogen and oxygen atoms in total. The molecule has 0 radical (unpaired) electrons. The Bertz CT molecular complexity index is 1060. The molecule has 3 aromatic carbocycles. The molecule has 31 heavy (non-hydrogen) atoms. The van der Waals surface area contributed by atoms with Crippen LogP contribution >= 0.6 is 34.8 Å². The van der Waals surface area contributed by atoms with Crippen LogP contribution in [0.15, 0.2) is 66.7 Å². The zero-order valence-electron chi connectivity index (χ0n) is 16.0. The molecule has 0 aliphatic rings. The first kappa shape index (κ1) is 22.7. The Morgan fingerprint density at radius 2 is 1.16 bits per heavy atom. The van der Waals surface area contributed by atoms with Gasteiger partial charge in [0.15, 0.2) is 13.2 Å². The highest BCUT2D eigenvalue weighted by atomic mass is 35.5. The van der Waals surface area contributed by atoms with Crippen LogP contribution in [0.5, 0.6) is 11.5 Å². The van der Waals surface area contributed by atoms with E-state index in [2.05, 4.69) is 10.6 Å². The largest absolute Gasteiger partial charge is 0.484 e. The summed E-state index contributed by atoms with van der Waals surface area (Å²) >= 11 is 17.8. The third-order valence-corrected chi connectivity index (χ3v) is 4.71. The van der Waals surface area contributed by atoms with E-state index in [0.29, 0.717) is 32.9 Å². The highest BCUT2D eigenvalue weighted by Gasteiger charge is 2.10. The van der Waals surface area contributed by atoms with Crippen molar-refractivity contribution in [1.29, 1.82) is 0 Å². The van der Waals surface area contributed by atoms with Gasteiger partial charge in [-0.15, -0.1) is 0 Å². The zero-order chi connectivity index (χ0) is 22.2. The van der Waals surface area contributed by atoms with Crippen molar-refractivity contribution in [2.24, 2.45) is 0 Å². The minimum absolute atomic E-state index is 0.181. The number of halogens is 3. The van der Waals surface area contributed by atoms with Gasteiger partial charge in [0, 0.05) is 15.7 Å². The summed E-state index contributed by atoms with van der Waals surface area (Å²) in [6.07, 6.45) is 0. The summed E-state index contributed by atoms with van der Waals surface area (Å²) < 4.78 is 10.8. The first-order valence-corrected chi connectivity index (χ1v) is 10.2. The van der Waals surface area contributed by atoms with Crippen molar-refractivity contribution in [3.05, 3.63) is 81.8 Å². The maximum atomic E-state index is 12.1. The quantitative estimate of drug-likeness (QED) is 0.436. The van der Waals surface area contributed by atoms with E-state index in [-0.39, 0.29) is 30.1 Å². The van der Waals surface area contributed by atoms with Crippen LogP contribution in [0.3, 0.4) is 0 Å². The van der Waals surface area contributed by atoms with E-state index < -0.39 is 0 Å². The summed E-state index contributed by atoms with van der Waals surface area (Å²) in [6.45, 7) is -0.377. The van der Waals surface area contributed by atoms with Gasteiger partial charge in [-0.2, -0.15) is 0 Å².